The average molecular weight is 447 g/mol. The van der Waals surface area contributed by atoms with Crippen LogP contribution in [0.2, 0.25) is 0 Å². The summed E-state index contributed by atoms with van der Waals surface area (Å²) < 4.78 is 17.5. The first-order valence-corrected chi connectivity index (χ1v) is 11.5. The number of benzene rings is 3. The lowest BCUT2D eigenvalue weighted by molar-refractivity contribution is -0.149. The first-order valence-electron chi connectivity index (χ1n) is 11.5. The zero-order valence-corrected chi connectivity index (χ0v) is 18.9. The summed E-state index contributed by atoms with van der Waals surface area (Å²) in [5.41, 5.74) is 6.03. The molecule has 0 spiro atoms. The van der Waals surface area contributed by atoms with Crippen molar-refractivity contribution in [2.75, 3.05) is 19.8 Å². The smallest absolute Gasteiger partial charge is 0.333 e. The van der Waals surface area contributed by atoms with Gasteiger partial charge >= 0.3 is 5.97 Å². The monoisotopic (exact) mass is 446 g/mol. The van der Waals surface area contributed by atoms with E-state index in [2.05, 4.69) is 48.5 Å². The number of carboxylic acids is 1. The first-order chi connectivity index (χ1) is 16.2. The van der Waals surface area contributed by atoms with Gasteiger partial charge in [-0.05, 0) is 59.7 Å². The van der Waals surface area contributed by atoms with E-state index in [0.717, 1.165) is 24.2 Å². The number of hydrogen-bond acceptors (Lipinski definition) is 4. The third kappa shape index (κ3) is 5.81. The van der Waals surface area contributed by atoms with Crippen LogP contribution in [0.3, 0.4) is 0 Å². The minimum atomic E-state index is -0.948. The zero-order valence-electron chi connectivity index (χ0n) is 18.9. The van der Waals surface area contributed by atoms with Gasteiger partial charge in [0.1, 0.15) is 18.5 Å². The summed E-state index contributed by atoms with van der Waals surface area (Å²) in [4.78, 5) is 11.3. The van der Waals surface area contributed by atoms with Crippen LogP contribution in [0.5, 0.6) is 5.75 Å². The van der Waals surface area contributed by atoms with E-state index in [0.29, 0.717) is 26.2 Å². The molecule has 5 nitrogen and oxygen atoms in total. The van der Waals surface area contributed by atoms with Crippen LogP contribution in [0, 0.1) is 0 Å². The van der Waals surface area contributed by atoms with Gasteiger partial charge in [-0.2, -0.15) is 0 Å². The molecule has 3 aromatic rings. The second-order valence-corrected chi connectivity index (χ2v) is 8.13. The van der Waals surface area contributed by atoms with Crippen molar-refractivity contribution in [1.29, 1.82) is 0 Å². The Bertz CT molecular complexity index is 1010. The molecule has 0 saturated carbocycles. The lowest BCUT2D eigenvalue weighted by Gasteiger charge is -2.21. The fourth-order valence-corrected chi connectivity index (χ4v) is 4.33. The van der Waals surface area contributed by atoms with E-state index < -0.39 is 12.1 Å². The molecule has 3 aromatic carbocycles. The molecular weight excluding hydrogens is 416 g/mol. The molecule has 0 bridgehead atoms. The maximum atomic E-state index is 11.3. The van der Waals surface area contributed by atoms with Crippen molar-refractivity contribution >= 4 is 5.97 Å². The van der Waals surface area contributed by atoms with Crippen LogP contribution in [0.1, 0.15) is 40.8 Å². The van der Waals surface area contributed by atoms with Gasteiger partial charge < -0.3 is 19.3 Å². The Morgan fingerprint density at radius 2 is 1.52 bits per heavy atom. The molecule has 0 heterocycles. The van der Waals surface area contributed by atoms with Gasteiger partial charge in [0, 0.05) is 13.0 Å². The highest BCUT2D eigenvalue weighted by molar-refractivity contribution is 5.72. The Balaban J connectivity index is 1.35. The molecule has 4 rings (SSSR count). The second kappa shape index (κ2) is 11.1. The van der Waals surface area contributed by atoms with E-state index in [1.165, 1.54) is 22.3 Å². The standard InChI is InChI=1S/C28H30O5/c1-2-31-26(28(29)30)19-20-11-15-23(16-12-20)32-17-18-33-27-24-9-5-3-7-21(24)13-14-22-8-4-6-10-25(22)27/h3-12,15-16,26-27H,2,13-14,17-19H2,1H3,(H,29,30). The molecule has 33 heavy (non-hydrogen) atoms. The number of rotatable bonds is 10. The molecule has 5 heteroatoms. The fraction of sp³-hybridized carbons (Fsp3) is 0.321. The molecule has 0 fully saturated rings. The second-order valence-electron chi connectivity index (χ2n) is 8.13. The summed E-state index contributed by atoms with van der Waals surface area (Å²) in [6, 6.07) is 24.5. The van der Waals surface area contributed by atoms with Gasteiger partial charge in [-0.3, -0.25) is 0 Å². The van der Waals surface area contributed by atoms with E-state index >= 15 is 0 Å². The Labute approximate surface area is 194 Å². The minimum Gasteiger partial charge on any atom is -0.491 e. The number of aryl methyl sites for hydroxylation is 2. The van der Waals surface area contributed by atoms with Gasteiger partial charge in [0.05, 0.1) is 6.61 Å². The molecule has 1 aliphatic carbocycles. The van der Waals surface area contributed by atoms with Crippen molar-refractivity contribution in [3.8, 4) is 5.75 Å². The molecule has 0 amide bonds. The molecule has 1 atom stereocenters. The minimum absolute atomic E-state index is 0.0996. The molecule has 1 N–H and O–H groups in total. The summed E-state index contributed by atoms with van der Waals surface area (Å²) in [5.74, 6) is -0.219. The highest BCUT2D eigenvalue weighted by Gasteiger charge is 2.23. The van der Waals surface area contributed by atoms with Crippen LogP contribution in [-0.4, -0.2) is 37.0 Å². The van der Waals surface area contributed by atoms with Crippen molar-refractivity contribution in [3.63, 3.8) is 0 Å². The van der Waals surface area contributed by atoms with Gasteiger partial charge in [0.15, 0.2) is 6.10 Å². The number of carbonyl (C=O) groups is 1. The lowest BCUT2D eigenvalue weighted by atomic mass is 9.97. The van der Waals surface area contributed by atoms with Gasteiger partial charge in [-0.1, -0.05) is 60.7 Å². The topological polar surface area (TPSA) is 65.0 Å². The van der Waals surface area contributed by atoms with E-state index in [-0.39, 0.29) is 6.10 Å². The Hall–Kier alpha value is -3.15. The predicted octanol–water partition coefficient (Wildman–Crippen LogP) is 5.00. The molecule has 1 unspecified atom stereocenters. The summed E-state index contributed by atoms with van der Waals surface area (Å²) in [6.45, 7) is 3.05. The number of hydrogen-bond donors (Lipinski definition) is 1. The van der Waals surface area contributed by atoms with Crippen molar-refractivity contribution < 1.29 is 24.1 Å². The first kappa shape index (κ1) is 23.0. The van der Waals surface area contributed by atoms with Crippen LogP contribution < -0.4 is 4.74 Å². The molecule has 0 aliphatic heterocycles. The number of fused-ring (bicyclic) bond motifs is 2. The summed E-state index contributed by atoms with van der Waals surface area (Å²) >= 11 is 0. The van der Waals surface area contributed by atoms with Gasteiger partial charge in [0.25, 0.3) is 0 Å². The number of aliphatic carboxylic acids is 1. The molecular formula is C28H30O5. The van der Waals surface area contributed by atoms with Gasteiger partial charge in [-0.15, -0.1) is 0 Å². The van der Waals surface area contributed by atoms with Crippen LogP contribution in [-0.2, 0) is 33.5 Å². The van der Waals surface area contributed by atoms with Crippen molar-refractivity contribution in [2.45, 2.75) is 38.4 Å². The van der Waals surface area contributed by atoms with E-state index in [1.807, 2.05) is 24.3 Å². The van der Waals surface area contributed by atoms with E-state index in [4.69, 9.17) is 14.2 Å². The maximum absolute atomic E-state index is 11.3. The summed E-state index contributed by atoms with van der Waals surface area (Å²) in [7, 11) is 0. The van der Waals surface area contributed by atoms with E-state index in [1.54, 1.807) is 6.92 Å². The SMILES string of the molecule is CCOC(Cc1ccc(OCCOC2c3ccccc3CCc3ccccc32)cc1)C(=O)O. The van der Waals surface area contributed by atoms with Crippen molar-refractivity contribution in [1.82, 2.24) is 0 Å². The quantitative estimate of drug-likeness (QED) is 0.444. The third-order valence-electron chi connectivity index (χ3n) is 5.96. The summed E-state index contributed by atoms with van der Waals surface area (Å²) in [5, 5.41) is 9.25. The molecule has 0 saturated heterocycles. The largest absolute Gasteiger partial charge is 0.491 e. The molecule has 0 aromatic heterocycles. The molecule has 172 valence electrons. The van der Waals surface area contributed by atoms with Crippen LogP contribution in [0.4, 0.5) is 0 Å². The summed E-state index contributed by atoms with van der Waals surface area (Å²) in [6.07, 6.45) is 1.43. The fourth-order valence-electron chi connectivity index (χ4n) is 4.33. The average Bonchev–Trinajstić information content (AvgIpc) is 2.99. The lowest BCUT2D eigenvalue weighted by Crippen LogP contribution is -2.26. The number of ether oxygens (including phenoxy) is 3. The van der Waals surface area contributed by atoms with Crippen LogP contribution in [0.15, 0.2) is 72.8 Å². The molecule has 0 radical (unpaired) electrons. The van der Waals surface area contributed by atoms with Crippen LogP contribution in [0.25, 0.3) is 0 Å². The van der Waals surface area contributed by atoms with Gasteiger partial charge in [-0.25, -0.2) is 4.79 Å². The van der Waals surface area contributed by atoms with Gasteiger partial charge in [0.2, 0.25) is 0 Å². The van der Waals surface area contributed by atoms with Crippen molar-refractivity contribution in [2.24, 2.45) is 0 Å². The third-order valence-corrected chi connectivity index (χ3v) is 5.96. The number of carboxylic acid groups (broad SMARTS) is 1. The van der Waals surface area contributed by atoms with Crippen molar-refractivity contribution in [3.05, 3.63) is 101 Å². The Morgan fingerprint density at radius 3 is 2.09 bits per heavy atom. The predicted molar refractivity (Wildman–Crippen MR) is 127 cm³/mol. The maximum Gasteiger partial charge on any atom is 0.333 e. The molecule has 1 aliphatic rings. The van der Waals surface area contributed by atoms with Crippen LogP contribution >= 0.6 is 0 Å². The Morgan fingerprint density at radius 1 is 0.909 bits per heavy atom. The Kier molecular flexibility index (Phi) is 7.76. The highest BCUT2D eigenvalue weighted by Crippen LogP contribution is 2.35. The zero-order chi connectivity index (χ0) is 23.0. The normalized spacial score (nSPS) is 14.1. The highest BCUT2D eigenvalue weighted by atomic mass is 16.5. The van der Waals surface area contributed by atoms with E-state index in [9.17, 15) is 9.90 Å².